The second kappa shape index (κ2) is 5.50. The van der Waals surface area contributed by atoms with E-state index in [1.807, 2.05) is 4.90 Å². The van der Waals surface area contributed by atoms with Crippen molar-refractivity contribution in [1.82, 2.24) is 10.2 Å². The summed E-state index contributed by atoms with van der Waals surface area (Å²) in [5.74, 6) is 1.32. The van der Waals surface area contributed by atoms with Crippen molar-refractivity contribution < 1.29 is 4.79 Å². The van der Waals surface area contributed by atoms with Gasteiger partial charge in [-0.3, -0.25) is 4.79 Å². The van der Waals surface area contributed by atoms with Crippen molar-refractivity contribution in [3.63, 3.8) is 0 Å². The SMILES string of the molecule is CCN(CC(C)C)C(=O)C1NCCC1C. The minimum atomic E-state index is 0.0590. The molecule has 0 spiro atoms. The Morgan fingerprint density at radius 2 is 2.20 bits per heavy atom. The summed E-state index contributed by atoms with van der Waals surface area (Å²) in [5, 5.41) is 3.30. The van der Waals surface area contributed by atoms with Crippen molar-refractivity contribution in [2.75, 3.05) is 19.6 Å². The Balaban J connectivity index is 2.55. The van der Waals surface area contributed by atoms with Crippen LogP contribution < -0.4 is 5.32 Å². The van der Waals surface area contributed by atoms with Crippen LogP contribution in [-0.4, -0.2) is 36.5 Å². The van der Waals surface area contributed by atoms with E-state index in [-0.39, 0.29) is 11.9 Å². The van der Waals surface area contributed by atoms with Crippen molar-refractivity contribution >= 4 is 5.91 Å². The standard InChI is InChI=1S/C12H24N2O/c1-5-14(8-9(2)3)12(15)11-10(4)6-7-13-11/h9-11,13H,5-8H2,1-4H3. The van der Waals surface area contributed by atoms with E-state index in [9.17, 15) is 4.79 Å². The van der Waals surface area contributed by atoms with Crippen LogP contribution in [0, 0.1) is 11.8 Å². The van der Waals surface area contributed by atoms with Gasteiger partial charge in [0.15, 0.2) is 0 Å². The second-order valence-electron chi connectivity index (χ2n) is 4.97. The predicted octanol–water partition coefficient (Wildman–Crippen LogP) is 1.49. The number of hydrogen-bond acceptors (Lipinski definition) is 2. The van der Waals surface area contributed by atoms with Crippen molar-refractivity contribution in [2.24, 2.45) is 11.8 Å². The highest BCUT2D eigenvalue weighted by molar-refractivity contribution is 5.82. The van der Waals surface area contributed by atoms with Crippen LogP contribution in [0.1, 0.15) is 34.1 Å². The first-order valence-electron chi connectivity index (χ1n) is 6.08. The number of carbonyl (C=O) groups excluding carboxylic acids is 1. The van der Waals surface area contributed by atoms with Crippen LogP contribution in [0.3, 0.4) is 0 Å². The molecule has 1 aliphatic rings. The summed E-state index contributed by atoms with van der Waals surface area (Å²) >= 11 is 0. The molecule has 0 aliphatic carbocycles. The van der Waals surface area contributed by atoms with Gasteiger partial charge in [0, 0.05) is 13.1 Å². The summed E-state index contributed by atoms with van der Waals surface area (Å²) in [4.78, 5) is 14.2. The van der Waals surface area contributed by atoms with Gasteiger partial charge in [0.25, 0.3) is 0 Å². The molecule has 0 aromatic carbocycles. The number of amides is 1. The Hall–Kier alpha value is -0.570. The maximum atomic E-state index is 12.2. The molecular formula is C12H24N2O. The Labute approximate surface area is 93.2 Å². The van der Waals surface area contributed by atoms with Gasteiger partial charge < -0.3 is 10.2 Å². The zero-order chi connectivity index (χ0) is 11.4. The van der Waals surface area contributed by atoms with Crippen molar-refractivity contribution in [1.29, 1.82) is 0 Å². The summed E-state index contributed by atoms with van der Waals surface area (Å²) in [6.07, 6.45) is 1.12. The highest BCUT2D eigenvalue weighted by Gasteiger charge is 2.31. The third kappa shape index (κ3) is 3.20. The molecule has 3 nitrogen and oxygen atoms in total. The lowest BCUT2D eigenvalue weighted by atomic mass is 10.0. The fraction of sp³-hybridized carbons (Fsp3) is 0.917. The fourth-order valence-electron chi connectivity index (χ4n) is 2.18. The lowest BCUT2D eigenvalue weighted by molar-refractivity contribution is -0.134. The van der Waals surface area contributed by atoms with Crippen LogP contribution >= 0.6 is 0 Å². The maximum absolute atomic E-state index is 12.2. The predicted molar refractivity (Wildman–Crippen MR) is 62.7 cm³/mol. The molecule has 1 N–H and O–H groups in total. The van der Waals surface area contributed by atoms with Gasteiger partial charge in [-0.15, -0.1) is 0 Å². The van der Waals surface area contributed by atoms with Crippen LogP contribution in [0.4, 0.5) is 0 Å². The van der Waals surface area contributed by atoms with Gasteiger partial charge in [-0.25, -0.2) is 0 Å². The molecule has 1 heterocycles. The molecule has 1 aliphatic heterocycles. The number of likely N-dealkylation sites (N-methyl/N-ethyl adjacent to an activating group) is 1. The van der Waals surface area contributed by atoms with Crippen LogP contribution in [-0.2, 0) is 4.79 Å². The maximum Gasteiger partial charge on any atom is 0.239 e. The van der Waals surface area contributed by atoms with E-state index in [2.05, 4.69) is 33.0 Å². The van der Waals surface area contributed by atoms with Gasteiger partial charge >= 0.3 is 0 Å². The zero-order valence-electron chi connectivity index (χ0n) is 10.4. The topological polar surface area (TPSA) is 32.3 Å². The molecule has 1 saturated heterocycles. The second-order valence-corrected chi connectivity index (χ2v) is 4.97. The van der Waals surface area contributed by atoms with Crippen LogP contribution in [0.15, 0.2) is 0 Å². The molecule has 0 bridgehead atoms. The summed E-state index contributed by atoms with van der Waals surface area (Å²) in [6, 6.07) is 0.0590. The molecule has 2 unspecified atom stereocenters. The van der Waals surface area contributed by atoms with E-state index in [1.54, 1.807) is 0 Å². The van der Waals surface area contributed by atoms with Crippen LogP contribution in [0.5, 0.6) is 0 Å². The number of hydrogen-bond donors (Lipinski definition) is 1. The van der Waals surface area contributed by atoms with E-state index in [0.29, 0.717) is 11.8 Å². The Morgan fingerprint density at radius 1 is 1.53 bits per heavy atom. The molecule has 2 atom stereocenters. The Kier molecular flexibility index (Phi) is 4.58. The number of rotatable bonds is 4. The van der Waals surface area contributed by atoms with Crippen molar-refractivity contribution in [2.45, 2.75) is 40.2 Å². The van der Waals surface area contributed by atoms with E-state index in [4.69, 9.17) is 0 Å². The quantitative estimate of drug-likeness (QED) is 0.765. The van der Waals surface area contributed by atoms with E-state index >= 15 is 0 Å². The normalized spacial score (nSPS) is 25.9. The molecule has 0 saturated carbocycles. The molecule has 88 valence electrons. The zero-order valence-corrected chi connectivity index (χ0v) is 10.4. The van der Waals surface area contributed by atoms with Crippen LogP contribution in [0.2, 0.25) is 0 Å². The Morgan fingerprint density at radius 3 is 2.60 bits per heavy atom. The molecule has 15 heavy (non-hydrogen) atoms. The average Bonchev–Trinajstić information content (AvgIpc) is 2.59. The summed E-state index contributed by atoms with van der Waals surface area (Å²) in [5.41, 5.74) is 0. The van der Waals surface area contributed by atoms with Gasteiger partial charge in [-0.05, 0) is 31.7 Å². The molecule has 0 aromatic heterocycles. The monoisotopic (exact) mass is 212 g/mol. The smallest absolute Gasteiger partial charge is 0.239 e. The first kappa shape index (κ1) is 12.5. The molecule has 0 radical (unpaired) electrons. The lowest BCUT2D eigenvalue weighted by Gasteiger charge is -2.27. The van der Waals surface area contributed by atoms with Gasteiger partial charge in [-0.1, -0.05) is 20.8 Å². The van der Waals surface area contributed by atoms with E-state index in [1.165, 1.54) is 0 Å². The third-order valence-corrected chi connectivity index (χ3v) is 3.08. The number of nitrogens with zero attached hydrogens (tertiary/aromatic N) is 1. The summed E-state index contributed by atoms with van der Waals surface area (Å²) in [6.45, 7) is 11.2. The average molecular weight is 212 g/mol. The molecule has 0 aromatic rings. The third-order valence-electron chi connectivity index (χ3n) is 3.08. The lowest BCUT2D eigenvalue weighted by Crippen LogP contribution is -2.47. The van der Waals surface area contributed by atoms with Crippen molar-refractivity contribution in [3.05, 3.63) is 0 Å². The first-order chi connectivity index (χ1) is 7.06. The van der Waals surface area contributed by atoms with Crippen LogP contribution in [0.25, 0.3) is 0 Å². The van der Waals surface area contributed by atoms with E-state index in [0.717, 1.165) is 26.1 Å². The van der Waals surface area contributed by atoms with Crippen molar-refractivity contribution in [3.8, 4) is 0 Å². The first-order valence-corrected chi connectivity index (χ1v) is 6.08. The molecule has 1 fully saturated rings. The molecular weight excluding hydrogens is 188 g/mol. The van der Waals surface area contributed by atoms with Gasteiger partial charge in [0.2, 0.25) is 5.91 Å². The largest absolute Gasteiger partial charge is 0.341 e. The van der Waals surface area contributed by atoms with Gasteiger partial charge in [-0.2, -0.15) is 0 Å². The molecule has 1 amide bonds. The van der Waals surface area contributed by atoms with Gasteiger partial charge in [0.1, 0.15) is 0 Å². The summed E-state index contributed by atoms with van der Waals surface area (Å²) in [7, 11) is 0. The minimum Gasteiger partial charge on any atom is -0.341 e. The highest BCUT2D eigenvalue weighted by atomic mass is 16.2. The molecule has 3 heteroatoms. The summed E-state index contributed by atoms with van der Waals surface area (Å²) < 4.78 is 0. The molecule has 1 rings (SSSR count). The van der Waals surface area contributed by atoms with E-state index < -0.39 is 0 Å². The fourth-order valence-corrected chi connectivity index (χ4v) is 2.18. The Bertz CT molecular complexity index is 216. The van der Waals surface area contributed by atoms with Gasteiger partial charge in [0.05, 0.1) is 6.04 Å². The highest BCUT2D eigenvalue weighted by Crippen LogP contribution is 2.17. The number of carbonyl (C=O) groups is 1. The number of nitrogens with one attached hydrogen (secondary N) is 1. The minimum absolute atomic E-state index is 0.0590.